The van der Waals surface area contributed by atoms with Gasteiger partial charge in [-0.25, -0.2) is 0 Å². The van der Waals surface area contributed by atoms with Gasteiger partial charge in [-0.15, -0.1) is 0 Å². The van der Waals surface area contributed by atoms with Crippen LogP contribution in [-0.4, -0.2) is 0 Å². The van der Waals surface area contributed by atoms with Gasteiger partial charge in [0.2, 0.25) is 0 Å². The van der Waals surface area contributed by atoms with Crippen LogP contribution >= 0.6 is 0 Å². The van der Waals surface area contributed by atoms with Crippen LogP contribution in [0.5, 0.6) is 0 Å². The van der Waals surface area contributed by atoms with E-state index in [2.05, 4.69) is 52.0 Å². The van der Waals surface area contributed by atoms with Crippen molar-refractivity contribution in [3.05, 3.63) is 42.0 Å². The summed E-state index contributed by atoms with van der Waals surface area (Å²) in [5.41, 5.74) is 2.64. The minimum absolute atomic E-state index is 0. The molecule has 1 rings (SSSR count). The maximum absolute atomic E-state index is 6.25. The molecule has 0 bridgehead atoms. The van der Waals surface area contributed by atoms with Gasteiger partial charge in [0.25, 0.3) is 0 Å². The van der Waals surface area contributed by atoms with Gasteiger partial charge in [0.05, 0.1) is 0 Å². The van der Waals surface area contributed by atoms with Gasteiger partial charge in [-0.1, -0.05) is 27.7 Å². The summed E-state index contributed by atoms with van der Waals surface area (Å²) in [6.07, 6.45) is 0. The van der Waals surface area contributed by atoms with Crippen LogP contribution in [-0.2, 0) is 22.4 Å². The SMILES string of the molecule is CC(C)c1[c-]c(C(C)C)ccc1.[Au+].[C-]#N.[Cl-]. The molecule has 0 aromatic heterocycles. The second-order valence-corrected chi connectivity index (χ2v) is 3.87. The average molecular weight is 420 g/mol. The van der Waals surface area contributed by atoms with Crippen molar-refractivity contribution in [2.45, 2.75) is 39.5 Å². The van der Waals surface area contributed by atoms with Crippen LogP contribution in [0.2, 0.25) is 0 Å². The Morgan fingerprint density at radius 3 is 1.56 bits per heavy atom. The van der Waals surface area contributed by atoms with Crippen LogP contribution in [0, 0.1) is 17.9 Å². The number of rotatable bonds is 2. The zero-order chi connectivity index (χ0) is 11.1. The third-order valence-corrected chi connectivity index (χ3v) is 2.08. The Balaban J connectivity index is -0.000000399. The van der Waals surface area contributed by atoms with Gasteiger partial charge in [-0.2, -0.15) is 35.4 Å². The van der Waals surface area contributed by atoms with Crippen molar-refractivity contribution in [1.29, 1.82) is 5.26 Å². The Morgan fingerprint density at radius 1 is 1.00 bits per heavy atom. The fourth-order valence-electron chi connectivity index (χ4n) is 1.18. The minimum Gasteiger partial charge on any atom is -1.00 e. The molecule has 0 aliphatic heterocycles. The minimum atomic E-state index is 0. The largest absolute Gasteiger partial charge is 1.00 e. The summed E-state index contributed by atoms with van der Waals surface area (Å²) < 4.78 is 0. The Kier molecular flexibility index (Phi) is 14.8. The molecule has 0 unspecified atom stereocenters. The van der Waals surface area contributed by atoms with Gasteiger partial charge in [0, 0.05) is 0 Å². The van der Waals surface area contributed by atoms with Crippen LogP contribution in [0.4, 0.5) is 0 Å². The van der Waals surface area contributed by atoms with Crippen molar-refractivity contribution in [2.24, 2.45) is 0 Å². The molecular weight excluding hydrogens is 403 g/mol. The summed E-state index contributed by atoms with van der Waals surface area (Å²) in [6.45, 7) is 13.6. The number of halogens is 1. The van der Waals surface area contributed by atoms with Crippen molar-refractivity contribution >= 4 is 0 Å². The molecule has 0 fully saturated rings. The molecule has 0 atom stereocenters. The number of nitrogens with zero attached hydrogens (tertiary/aromatic N) is 1. The summed E-state index contributed by atoms with van der Waals surface area (Å²) in [5.74, 6) is 1.17. The van der Waals surface area contributed by atoms with Crippen LogP contribution in [0.15, 0.2) is 18.2 Å². The molecule has 16 heavy (non-hydrogen) atoms. The molecule has 0 saturated carbocycles. The van der Waals surface area contributed by atoms with Crippen LogP contribution in [0.1, 0.15) is 50.7 Å². The quantitative estimate of drug-likeness (QED) is 0.515. The Morgan fingerprint density at radius 2 is 1.31 bits per heavy atom. The predicted octanol–water partition coefficient (Wildman–Crippen LogP) is 0.831. The van der Waals surface area contributed by atoms with Crippen molar-refractivity contribution in [2.75, 3.05) is 0 Å². The molecule has 0 radical (unpaired) electrons. The van der Waals surface area contributed by atoms with E-state index < -0.39 is 0 Å². The second-order valence-electron chi connectivity index (χ2n) is 3.87. The molecule has 0 spiro atoms. The monoisotopic (exact) mass is 419 g/mol. The molecule has 0 N–H and O–H groups in total. The molecule has 1 aromatic carbocycles. The van der Waals surface area contributed by atoms with Crippen LogP contribution in [0.25, 0.3) is 0 Å². The van der Waals surface area contributed by atoms with E-state index in [1.54, 1.807) is 0 Å². The first-order chi connectivity index (χ1) is 6.61. The molecule has 0 heterocycles. The zero-order valence-electron chi connectivity index (χ0n) is 10.0. The Bertz CT molecular complexity index is 272. The normalized spacial score (nSPS) is 8.50. The summed E-state index contributed by atoms with van der Waals surface area (Å²) >= 11 is 0. The first kappa shape index (κ1) is 21.1. The first-order valence-corrected chi connectivity index (χ1v) is 4.85. The van der Waals surface area contributed by atoms with Gasteiger partial charge in [0.1, 0.15) is 0 Å². The fraction of sp³-hybridized carbons (Fsp3) is 0.462. The van der Waals surface area contributed by atoms with E-state index >= 15 is 0 Å². The smallest absolute Gasteiger partial charge is 1.00 e. The van der Waals surface area contributed by atoms with E-state index in [1.165, 1.54) is 11.1 Å². The van der Waals surface area contributed by atoms with Crippen molar-refractivity contribution in [3.63, 3.8) is 0 Å². The second kappa shape index (κ2) is 11.2. The summed E-state index contributed by atoms with van der Waals surface area (Å²) in [6, 6.07) is 9.87. The third kappa shape index (κ3) is 7.09. The fourth-order valence-corrected chi connectivity index (χ4v) is 1.18. The van der Waals surface area contributed by atoms with E-state index in [-0.39, 0.29) is 34.8 Å². The zero-order valence-corrected chi connectivity index (χ0v) is 12.9. The topological polar surface area (TPSA) is 23.8 Å². The van der Waals surface area contributed by atoms with E-state index in [1.807, 2.05) is 0 Å². The molecule has 0 aliphatic rings. The van der Waals surface area contributed by atoms with E-state index in [9.17, 15) is 0 Å². The van der Waals surface area contributed by atoms with Crippen molar-refractivity contribution < 1.29 is 34.8 Å². The van der Waals surface area contributed by atoms with E-state index in [0.29, 0.717) is 11.8 Å². The number of benzene rings is 1. The summed E-state index contributed by atoms with van der Waals surface area (Å²) in [7, 11) is 0. The average Bonchev–Trinajstić information content (AvgIpc) is 2.21. The maximum atomic E-state index is 6.25. The number of hydrogen-bond acceptors (Lipinski definition) is 1. The molecule has 0 amide bonds. The van der Waals surface area contributed by atoms with Crippen molar-refractivity contribution in [1.82, 2.24) is 0 Å². The Labute approximate surface area is 121 Å². The number of hydrogen-bond donors (Lipinski definition) is 0. The van der Waals surface area contributed by atoms with Crippen LogP contribution in [0.3, 0.4) is 0 Å². The Hall–Kier alpha value is -0.260. The van der Waals surface area contributed by atoms with Gasteiger partial charge < -0.3 is 24.2 Å². The summed E-state index contributed by atoms with van der Waals surface area (Å²) in [4.78, 5) is 0. The molecular formula is C13H17AuClN-2. The van der Waals surface area contributed by atoms with Gasteiger partial charge in [-0.05, 0) is 11.8 Å². The summed E-state index contributed by atoms with van der Waals surface area (Å²) in [5, 5.41) is 6.25. The van der Waals surface area contributed by atoms with Gasteiger partial charge in [-0.3, -0.25) is 0 Å². The third-order valence-electron chi connectivity index (χ3n) is 2.08. The van der Waals surface area contributed by atoms with E-state index in [0.717, 1.165) is 0 Å². The molecule has 1 aromatic rings. The maximum Gasteiger partial charge on any atom is 1.00 e. The standard InChI is InChI=1S/C12H17.CN.Au.ClH/c1-9(2)11-6-5-7-12(8-11)10(3)4;1-2;;/h5-7,9-10H,1-4H3;;;1H/q2*-1;+1;/p-1. The van der Waals surface area contributed by atoms with Crippen molar-refractivity contribution in [3.8, 4) is 0 Å². The van der Waals surface area contributed by atoms with Gasteiger partial charge in [0.15, 0.2) is 0 Å². The molecule has 0 saturated heterocycles. The molecule has 0 aliphatic carbocycles. The van der Waals surface area contributed by atoms with Gasteiger partial charge >= 0.3 is 22.4 Å². The first-order valence-electron chi connectivity index (χ1n) is 4.85. The molecule has 3 heteroatoms. The van der Waals surface area contributed by atoms with Crippen LogP contribution < -0.4 is 12.4 Å². The molecule has 94 valence electrons. The predicted molar refractivity (Wildman–Crippen MR) is 58.4 cm³/mol. The van der Waals surface area contributed by atoms with E-state index in [4.69, 9.17) is 11.8 Å². The molecule has 1 nitrogen and oxygen atoms in total.